The molecular weight excluding hydrogens is 309 g/mol. The van der Waals surface area contributed by atoms with Gasteiger partial charge in [0.2, 0.25) is 10.0 Å². The van der Waals surface area contributed by atoms with Gasteiger partial charge in [-0.3, -0.25) is 0 Å². The molecule has 0 atom stereocenters. The molecule has 106 valence electrons. The Hall–Kier alpha value is -0.330. The molecular formula is C12H15Cl2NO3S. The summed E-state index contributed by atoms with van der Waals surface area (Å²) in [5.74, 6) is 0.182. The number of piperidine rings is 1. The molecule has 0 unspecified atom stereocenters. The van der Waals surface area contributed by atoms with Crippen LogP contribution < -0.4 is 0 Å². The van der Waals surface area contributed by atoms with Gasteiger partial charge in [-0.1, -0.05) is 23.2 Å². The molecule has 1 aromatic rings. The van der Waals surface area contributed by atoms with Crippen LogP contribution in [-0.2, 0) is 10.0 Å². The summed E-state index contributed by atoms with van der Waals surface area (Å²) in [4.78, 5) is 0.0455. The van der Waals surface area contributed by atoms with E-state index in [9.17, 15) is 8.42 Å². The van der Waals surface area contributed by atoms with Crippen molar-refractivity contribution in [3.8, 4) is 0 Å². The third-order valence-electron chi connectivity index (χ3n) is 3.34. The van der Waals surface area contributed by atoms with Crippen molar-refractivity contribution in [1.29, 1.82) is 0 Å². The Morgan fingerprint density at radius 3 is 2.47 bits per heavy atom. The minimum Gasteiger partial charge on any atom is -0.396 e. The molecule has 0 amide bonds. The van der Waals surface area contributed by atoms with Crippen LogP contribution in [0.5, 0.6) is 0 Å². The number of sulfonamides is 1. The van der Waals surface area contributed by atoms with Crippen molar-refractivity contribution in [1.82, 2.24) is 4.31 Å². The van der Waals surface area contributed by atoms with E-state index in [1.807, 2.05) is 0 Å². The second-order valence-corrected chi connectivity index (χ2v) is 7.35. The first kappa shape index (κ1) is 15.1. The fourth-order valence-corrected chi connectivity index (χ4v) is 4.35. The van der Waals surface area contributed by atoms with Gasteiger partial charge in [0, 0.05) is 24.7 Å². The summed E-state index contributed by atoms with van der Waals surface area (Å²) < 4.78 is 26.4. The lowest BCUT2D eigenvalue weighted by atomic mass is 10.00. The smallest absolute Gasteiger partial charge is 0.244 e. The van der Waals surface area contributed by atoms with Crippen LogP contribution >= 0.6 is 23.2 Å². The van der Waals surface area contributed by atoms with Crippen molar-refractivity contribution < 1.29 is 13.5 Å². The number of hydrogen-bond acceptors (Lipinski definition) is 3. The Labute approximate surface area is 123 Å². The molecule has 19 heavy (non-hydrogen) atoms. The van der Waals surface area contributed by atoms with Crippen molar-refractivity contribution in [2.75, 3.05) is 19.7 Å². The molecule has 2 rings (SSSR count). The molecule has 4 nitrogen and oxygen atoms in total. The molecule has 0 aliphatic carbocycles. The van der Waals surface area contributed by atoms with Crippen molar-refractivity contribution in [3.63, 3.8) is 0 Å². The molecule has 1 heterocycles. The van der Waals surface area contributed by atoms with Gasteiger partial charge in [0.1, 0.15) is 4.90 Å². The number of nitrogens with zero attached hydrogens (tertiary/aromatic N) is 1. The first-order valence-electron chi connectivity index (χ1n) is 6.01. The van der Waals surface area contributed by atoms with Crippen LogP contribution in [0.25, 0.3) is 0 Å². The number of rotatable bonds is 3. The van der Waals surface area contributed by atoms with Gasteiger partial charge < -0.3 is 5.11 Å². The lowest BCUT2D eigenvalue weighted by Crippen LogP contribution is -2.39. The minimum atomic E-state index is -3.61. The van der Waals surface area contributed by atoms with Crippen LogP contribution in [0.3, 0.4) is 0 Å². The lowest BCUT2D eigenvalue weighted by molar-refractivity contribution is 0.170. The van der Waals surface area contributed by atoms with E-state index in [0.29, 0.717) is 31.0 Å². The van der Waals surface area contributed by atoms with E-state index in [2.05, 4.69) is 0 Å². The first-order chi connectivity index (χ1) is 8.95. The van der Waals surface area contributed by atoms with E-state index in [4.69, 9.17) is 28.3 Å². The van der Waals surface area contributed by atoms with E-state index >= 15 is 0 Å². The fraction of sp³-hybridized carbons (Fsp3) is 0.500. The van der Waals surface area contributed by atoms with Crippen molar-refractivity contribution in [3.05, 3.63) is 28.2 Å². The van der Waals surface area contributed by atoms with Crippen LogP contribution in [0.2, 0.25) is 10.0 Å². The Morgan fingerprint density at radius 2 is 1.89 bits per heavy atom. The average Bonchev–Trinajstić information content (AvgIpc) is 2.41. The normalized spacial score (nSPS) is 18.7. The van der Waals surface area contributed by atoms with Gasteiger partial charge in [-0.05, 0) is 37.0 Å². The topological polar surface area (TPSA) is 57.6 Å². The summed E-state index contributed by atoms with van der Waals surface area (Å²) in [5, 5.41) is 9.59. The summed E-state index contributed by atoms with van der Waals surface area (Å²) in [6.07, 6.45) is 1.32. The first-order valence-corrected chi connectivity index (χ1v) is 8.21. The van der Waals surface area contributed by atoms with Crippen LogP contribution in [-0.4, -0.2) is 37.5 Å². The molecule has 7 heteroatoms. The quantitative estimate of drug-likeness (QED) is 0.929. The zero-order valence-corrected chi connectivity index (χ0v) is 12.5. The molecule has 0 saturated carbocycles. The molecule has 0 spiro atoms. The van der Waals surface area contributed by atoms with Crippen LogP contribution in [0.4, 0.5) is 0 Å². The van der Waals surface area contributed by atoms with E-state index in [1.165, 1.54) is 16.4 Å². The number of benzene rings is 1. The van der Waals surface area contributed by atoms with Crippen molar-refractivity contribution in [2.45, 2.75) is 17.7 Å². The molecule has 0 aromatic heterocycles. The zero-order valence-electron chi connectivity index (χ0n) is 10.2. The SMILES string of the molecule is O=S(=O)(c1cc(Cl)ccc1Cl)N1CCC(CO)CC1. The van der Waals surface area contributed by atoms with Crippen LogP contribution in [0, 0.1) is 5.92 Å². The Kier molecular flexibility index (Phi) is 4.74. The second kappa shape index (κ2) is 5.97. The molecule has 1 aliphatic rings. The molecule has 0 radical (unpaired) electrons. The van der Waals surface area contributed by atoms with E-state index in [-0.39, 0.29) is 22.4 Å². The van der Waals surface area contributed by atoms with E-state index in [1.54, 1.807) is 6.07 Å². The van der Waals surface area contributed by atoms with Crippen molar-refractivity contribution >= 4 is 33.2 Å². The maximum Gasteiger partial charge on any atom is 0.244 e. The van der Waals surface area contributed by atoms with E-state index < -0.39 is 10.0 Å². The van der Waals surface area contributed by atoms with Gasteiger partial charge in [0.05, 0.1) is 5.02 Å². The lowest BCUT2D eigenvalue weighted by Gasteiger charge is -2.30. The molecule has 0 bridgehead atoms. The van der Waals surface area contributed by atoms with E-state index in [0.717, 1.165) is 0 Å². The van der Waals surface area contributed by atoms with Gasteiger partial charge >= 0.3 is 0 Å². The zero-order chi connectivity index (χ0) is 14.0. The standard InChI is InChI=1S/C12H15Cl2NO3S/c13-10-1-2-11(14)12(7-10)19(17,18)15-5-3-9(8-16)4-6-15/h1-2,7,9,16H,3-6,8H2. The maximum absolute atomic E-state index is 12.5. The van der Waals surface area contributed by atoms with Crippen LogP contribution in [0.15, 0.2) is 23.1 Å². The summed E-state index contributed by atoms with van der Waals surface area (Å²) in [6.45, 7) is 0.901. The molecule has 1 saturated heterocycles. The highest BCUT2D eigenvalue weighted by atomic mass is 35.5. The summed E-state index contributed by atoms with van der Waals surface area (Å²) in [6, 6.07) is 4.41. The van der Waals surface area contributed by atoms with Crippen LogP contribution in [0.1, 0.15) is 12.8 Å². The van der Waals surface area contributed by atoms with Gasteiger partial charge in [-0.15, -0.1) is 0 Å². The summed E-state index contributed by atoms with van der Waals surface area (Å²) >= 11 is 11.8. The maximum atomic E-state index is 12.5. The fourth-order valence-electron chi connectivity index (χ4n) is 2.15. The number of aliphatic hydroxyl groups excluding tert-OH is 1. The predicted molar refractivity (Wildman–Crippen MR) is 75.0 cm³/mol. The average molecular weight is 324 g/mol. The minimum absolute atomic E-state index is 0.0455. The highest BCUT2D eigenvalue weighted by Crippen LogP contribution is 2.30. The van der Waals surface area contributed by atoms with Gasteiger partial charge in [0.25, 0.3) is 0 Å². The molecule has 1 aliphatic heterocycles. The second-order valence-electron chi connectivity index (χ2n) is 4.60. The number of hydrogen-bond donors (Lipinski definition) is 1. The van der Waals surface area contributed by atoms with Gasteiger partial charge in [-0.25, -0.2) is 8.42 Å². The number of halogens is 2. The Morgan fingerprint density at radius 1 is 1.26 bits per heavy atom. The van der Waals surface area contributed by atoms with Crippen molar-refractivity contribution in [2.24, 2.45) is 5.92 Å². The summed E-state index contributed by atoms with van der Waals surface area (Å²) in [7, 11) is -3.61. The largest absolute Gasteiger partial charge is 0.396 e. The Bertz CT molecular complexity index is 554. The molecule has 1 N–H and O–H groups in total. The third-order valence-corrected chi connectivity index (χ3v) is 5.96. The third kappa shape index (κ3) is 3.23. The molecule has 1 fully saturated rings. The van der Waals surface area contributed by atoms with Gasteiger partial charge in [0.15, 0.2) is 0 Å². The highest BCUT2D eigenvalue weighted by molar-refractivity contribution is 7.89. The number of aliphatic hydroxyl groups is 1. The monoisotopic (exact) mass is 323 g/mol. The predicted octanol–water partition coefficient (Wildman–Crippen LogP) is 2.39. The summed E-state index contributed by atoms with van der Waals surface area (Å²) in [5.41, 5.74) is 0. The van der Waals surface area contributed by atoms with Gasteiger partial charge in [-0.2, -0.15) is 4.31 Å². The Balaban J connectivity index is 2.26. The molecule has 1 aromatic carbocycles. The highest BCUT2D eigenvalue weighted by Gasteiger charge is 2.30.